The van der Waals surface area contributed by atoms with E-state index in [9.17, 15) is 14.4 Å². The summed E-state index contributed by atoms with van der Waals surface area (Å²) in [4.78, 5) is 41.1. The number of aryl methyl sites for hydroxylation is 1. The minimum atomic E-state index is -0.825. The lowest BCUT2D eigenvalue weighted by Gasteiger charge is -2.50. The fourth-order valence-corrected chi connectivity index (χ4v) is 4.96. The highest BCUT2D eigenvalue weighted by molar-refractivity contribution is 5.97. The van der Waals surface area contributed by atoms with Crippen LogP contribution in [-0.2, 0) is 19.1 Å². The van der Waals surface area contributed by atoms with Gasteiger partial charge in [0.15, 0.2) is 0 Å². The Kier molecular flexibility index (Phi) is 5.71. The number of benzene rings is 2. The van der Waals surface area contributed by atoms with Crippen LogP contribution < -0.4 is 0 Å². The highest BCUT2D eigenvalue weighted by atomic mass is 16.5. The molecule has 5 nitrogen and oxygen atoms in total. The van der Waals surface area contributed by atoms with Gasteiger partial charge in [-0.3, -0.25) is 9.59 Å². The Morgan fingerprint density at radius 1 is 1.07 bits per heavy atom. The monoisotopic (exact) mass is 405 g/mol. The van der Waals surface area contributed by atoms with Crippen molar-refractivity contribution in [1.29, 1.82) is 0 Å². The lowest BCUT2D eigenvalue weighted by molar-refractivity contribution is -0.170. The first-order valence-electron chi connectivity index (χ1n) is 10.6. The second kappa shape index (κ2) is 8.42. The number of piperidine rings is 2. The zero-order valence-electron chi connectivity index (χ0n) is 17.4. The van der Waals surface area contributed by atoms with E-state index in [1.165, 1.54) is 0 Å². The number of Topliss-reactive ketones (excluding diaryl/α,β-unsaturated/α-hetero) is 1. The van der Waals surface area contributed by atoms with Gasteiger partial charge >= 0.3 is 5.97 Å². The van der Waals surface area contributed by atoms with Crippen molar-refractivity contribution in [3.05, 3.63) is 71.3 Å². The number of ketones is 1. The van der Waals surface area contributed by atoms with Crippen LogP contribution in [0.3, 0.4) is 0 Å². The molecule has 30 heavy (non-hydrogen) atoms. The summed E-state index contributed by atoms with van der Waals surface area (Å²) in [5.74, 6) is -1.53. The summed E-state index contributed by atoms with van der Waals surface area (Å²) in [6, 6.07) is 16.5. The third-order valence-electron chi connectivity index (χ3n) is 6.27. The van der Waals surface area contributed by atoms with E-state index in [1.807, 2.05) is 61.5 Å². The third kappa shape index (κ3) is 3.64. The van der Waals surface area contributed by atoms with Crippen LogP contribution >= 0.6 is 0 Å². The van der Waals surface area contributed by atoms with Gasteiger partial charge < -0.3 is 9.64 Å². The summed E-state index contributed by atoms with van der Waals surface area (Å²) in [6.45, 7) is 3.97. The van der Waals surface area contributed by atoms with Gasteiger partial charge in [-0.1, -0.05) is 60.2 Å². The fourth-order valence-electron chi connectivity index (χ4n) is 4.96. The lowest BCUT2D eigenvalue weighted by Crippen LogP contribution is -2.64. The predicted molar refractivity (Wildman–Crippen MR) is 113 cm³/mol. The minimum Gasteiger partial charge on any atom is -0.464 e. The van der Waals surface area contributed by atoms with Crippen molar-refractivity contribution >= 4 is 17.7 Å². The molecule has 2 aromatic rings. The first kappa shape index (κ1) is 20.3. The number of esters is 1. The fraction of sp³-hybridized carbons (Fsp3) is 0.400. The van der Waals surface area contributed by atoms with E-state index < -0.39 is 23.8 Å². The van der Waals surface area contributed by atoms with Crippen LogP contribution in [0.4, 0.5) is 0 Å². The number of amides is 1. The molecule has 0 radical (unpaired) electrons. The van der Waals surface area contributed by atoms with Gasteiger partial charge in [0.25, 0.3) is 0 Å². The average molecular weight is 405 g/mol. The molecule has 2 aliphatic heterocycles. The van der Waals surface area contributed by atoms with Crippen LogP contribution in [0.15, 0.2) is 54.6 Å². The number of rotatable bonds is 5. The third-order valence-corrected chi connectivity index (χ3v) is 6.27. The number of ether oxygens (including phenoxy) is 1. The second-order valence-corrected chi connectivity index (χ2v) is 8.21. The molecule has 2 bridgehead atoms. The van der Waals surface area contributed by atoms with E-state index in [0.717, 1.165) is 23.1 Å². The quantitative estimate of drug-likeness (QED) is 0.713. The smallest absolute Gasteiger partial charge is 0.329 e. The minimum absolute atomic E-state index is 0.0696. The van der Waals surface area contributed by atoms with Crippen LogP contribution in [0.2, 0.25) is 0 Å². The van der Waals surface area contributed by atoms with Gasteiger partial charge in [0.05, 0.1) is 12.5 Å². The summed E-state index contributed by atoms with van der Waals surface area (Å²) in [6.07, 6.45) is 1.70. The number of nitrogens with zero attached hydrogens (tertiary/aromatic N) is 1. The highest BCUT2D eigenvalue weighted by Crippen LogP contribution is 2.41. The second-order valence-electron chi connectivity index (χ2n) is 8.21. The first-order chi connectivity index (χ1) is 14.5. The molecule has 2 aromatic carbocycles. The molecule has 0 N–H and O–H groups in total. The molecule has 1 unspecified atom stereocenters. The van der Waals surface area contributed by atoms with E-state index in [1.54, 1.807) is 11.8 Å². The topological polar surface area (TPSA) is 63.7 Å². The maximum absolute atomic E-state index is 14.0. The average Bonchev–Trinajstić information content (AvgIpc) is 2.74. The highest BCUT2D eigenvalue weighted by Gasteiger charge is 2.53. The largest absolute Gasteiger partial charge is 0.464 e. The van der Waals surface area contributed by atoms with Crippen molar-refractivity contribution in [2.24, 2.45) is 5.92 Å². The summed E-state index contributed by atoms with van der Waals surface area (Å²) >= 11 is 0. The Labute approximate surface area is 177 Å². The zero-order chi connectivity index (χ0) is 21.3. The molecule has 1 amide bonds. The Bertz CT molecular complexity index is 955. The van der Waals surface area contributed by atoms with Crippen molar-refractivity contribution in [1.82, 2.24) is 4.90 Å². The standard InChI is InChI=1S/C25H27NO4/c1-3-30-25(29)23-20-13-12-19(15-21(20)27)26(23)24(28)22(17-9-5-4-6-10-17)18-11-7-8-16(2)14-18/h4-11,14,19-20,22-23H,3,12-13,15H2,1-2H3/t19-,20+,22?,23-/m0/s1. The van der Waals surface area contributed by atoms with Crippen molar-refractivity contribution in [3.63, 3.8) is 0 Å². The number of fused-ring (bicyclic) bond motifs is 3. The molecule has 1 saturated carbocycles. The molecule has 0 spiro atoms. The zero-order valence-corrected chi connectivity index (χ0v) is 17.4. The van der Waals surface area contributed by atoms with Gasteiger partial charge in [-0.05, 0) is 37.8 Å². The van der Waals surface area contributed by atoms with Crippen molar-refractivity contribution in [2.45, 2.75) is 51.1 Å². The van der Waals surface area contributed by atoms with E-state index >= 15 is 0 Å². The summed E-state index contributed by atoms with van der Waals surface area (Å²) in [5, 5.41) is 0. The Balaban J connectivity index is 1.78. The summed E-state index contributed by atoms with van der Waals surface area (Å²) in [7, 11) is 0. The van der Waals surface area contributed by atoms with Crippen molar-refractivity contribution in [3.8, 4) is 0 Å². The Hall–Kier alpha value is -2.95. The van der Waals surface area contributed by atoms with Gasteiger partial charge in [-0.25, -0.2) is 4.79 Å². The van der Waals surface area contributed by atoms with Crippen molar-refractivity contribution in [2.75, 3.05) is 6.61 Å². The van der Waals surface area contributed by atoms with Gasteiger partial charge in [-0.15, -0.1) is 0 Å². The molecule has 2 heterocycles. The number of carbonyl (C=O) groups is 3. The van der Waals surface area contributed by atoms with Crippen LogP contribution in [0.1, 0.15) is 48.8 Å². The SMILES string of the molecule is CCOC(=O)[C@@H]1[C@@H]2CC[C@@H](CC2=O)N1C(=O)C(c1ccccc1)c1cccc(C)c1. The Morgan fingerprint density at radius 2 is 1.80 bits per heavy atom. The molecule has 5 rings (SSSR count). The van der Waals surface area contributed by atoms with E-state index in [-0.39, 0.29) is 24.3 Å². The van der Waals surface area contributed by atoms with Crippen LogP contribution in [0.25, 0.3) is 0 Å². The van der Waals surface area contributed by atoms with Gasteiger partial charge in [0, 0.05) is 18.4 Å². The first-order valence-corrected chi connectivity index (χ1v) is 10.6. The van der Waals surface area contributed by atoms with E-state index in [2.05, 4.69) is 0 Å². The maximum Gasteiger partial charge on any atom is 0.329 e. The van der Waals surface area contributed by atoms with Gasteiger partial charge in [-0.2, -0.15) is 0 Å². The Morgan fingerprint density at radius 3 is 2.47 bits per heavy atom. The van der Waals surface area contributed by atoms with Crippen molar-refractivity contribution < 1.29 is 19.1 Å². The molecule has 3 aliphatic rings. The molecule has 1 aliphatic carbocycles. The number of carbonyl (C=O) groups excluding carboxylic acids is 3. The summed E-state index contributed by atoms with van der Waals surface area (Å²) in [5.41, 5.74) is 2.84. The van der Waals surface area contributed by atoms with Crippen LogP contribution in [-0.4, -0.2) is 41.3 Å². The molecule has 5 heteroatoms. The van der Waals surface area contributed by atoms with E-state index in [4.69, 9.17) is 4.74 Å². The lowest BCUT2D eigenvalue weighted by atomic mass is 9.72. The van der Waals surface area contributed by atoms with Gasteiger partial charge in [0.2, 0.25) is 5.91 Å². The molecule has 0 aromatic heterocycles. The molecular formula is C25H27NO4. The van der Waals surface area contributed by atoms with Crippen LogP contribution in [0.5, 0.6) is 0 Å². The van der Waals surface area contributed by atoms with E-state index in [0.29, 0.717) is 12.8 Å². The normalized spacial score (nSPS) is 23.9. The molecule has 4 atom stereocenters. The molecule has 3 fully saturated rings. The molecule has 156 valence electrons. The van der Waals surface area contributed by atoms with Gasteiger partial charge in [0.1, 0.15) is 11.8 Å². The number of hydrogen-bond acceptors (Lipinski definition) is 4. The number of hydrogen-bond donors (Lipinski definition) is 0. The maximum atomic E-state index is 14.0. The molecule has 2 saturated heterocycles. The summed E-state index contributed by atoms with van der Waals surface area (Å²) < 4.78 is 5.29. The van der Waals surface area contributed by atoms with Crippen LogP contribution in [0, 0.1) is 12.8 Å². The predicted octanol–water partition coefficient (Wildman–Crippen LogP) is 3.64. The molecular weight excluding hydrogens is 378 g/mol.